The van der Waals surface area contributed by atoms with Gasteiger partial charge in [0.05, 0.1) is 12.0 Å². The Bertz CT molecular complexity index is 870. The number of hydrogen-bond donors (Lipinski definition) is 3. The third kappa shape index (κ3) is 6.99. The second-order valence-corrected chi connectivity index (χ2v) is 8.70. The number of rotatable bonds is 8. The Morgan fingerprint density at radius 2 is 1.94 bits per heavy atom. The average Bonchev–Trinajstić information content (AvgIpc) is 2.69. The number of ether oxygens (including phenoxy) is 1. The molecule has 3 amide bonds. The van der Waals surface area contributed by atoms with Gasteiger partial charge in [-0.2, -0.15) is 0 Å². The molecule has 1 aliphatic rings. The van der Waals surface area contributed by atoms with E-state index in [9.17, 15) is 13.8 Å². The molecular formula is C22H34N4O4S. The number of carbonyl (C=O) groups is 2. The maximum absolute atomic E-state index is 12.6. The van der Waals surface area contributed by atoms with Crippen molar-refractivity contribution in [1.82, 2.24) is 15.2 Å². The van der Waals surface area contributed by atoms with Crippen LogP contribution in [-0.2, 0) is 33.4 Å². The van der Waals surface area contributed by atoms with Gasteiger partial charge >= 0.3 is 6.03 Å². The van der Waals surface area contributed by atoms with Crippen LogP contribution in [0.5, 0.6) is 0 Å². The number of benzene rings is 1. The van der Waals surface area contributed by atoms with Crippen molar-refractivity contribution < 1.29 is 18.5 Å². The van der Waals surface area contributed by atoms with Gasteiger partial charge in [0.25, 0.3) is 0 Å². The predicted molar refractivity (Wildman–Crippen MR) is 123 cm³/mol. The highest BCUT2D eigenvalue weighted by atomic mass is 32.2. The van der Waals surface area contributed by atoms with Crippen molar-refractivity contribution in [3.63, 3.8) is 0 Å². The van der Waals surface area contributed by atoms with Gasteiger partial charge in [0, 0.05) is 25.6 Å². The van der Waals surface area contributed by atoms with Gasteiger partial charge < -0.3 is 10.1 Å². The summed E-state index contributed by atoms with van der Waals surface area (Å²) in [4.78, 5) is 24.0. The van der Waals surface area contributed by atoms with E-state index in [-0.39, 0.29) is 11.8 Å². The minimum absolute atomic E-state index is 0.253. The SMILES string of the molecule is CCCc1cc(C)c(CCC)c(NC(=O)NS(=O)/C=C2\OCCCN2NC(C)=O)c1C. The summed E-state index contributed by atoms with van der Waals surface area (Å²) in [5.74, 6) is -0.00197. The maximum atomic E-state index is 12.6. The zero-order valence-electron chi connectivity index (χ0n) is 19.1. The molecule has 1 saturated heterocycles. The van der Waals surface area contributed by atoms with E-state index in [1.165, 1.54) is 22.9 Å². The molecule has 1 aliphatic heterocycles. The summed E-state index contributed by atoms with van der Waals surface area (Å²) in [6.07, 6.45) is 4.48. The van der Waals surface area contributed by atoms with Gasteiger partial charge in [0.2, 0.25) is 11.8 Å². The van der Waals surface area contributed by atoms with Gasteiger partial charge in [-0.15, -0.1) is 0 Å². The van der Waals surface area contributed by atoms with Crippen molar-refractivity contribution in [2.75, 3.05) is 18.5 Å². The van der Waals surface area contributed by atoms with Gasteiger partial charge in [0.15, 0.2) is 11.0 Å². The van der Waals surface area contributed by atoms with E-state index in [2.05, 4.69) is 42.3 Å². The summed E-state index contributed by atoms with van der Waals surface area (Å²) in [6, 6.07) is 1.65. The van der Waals surface area contributed by atoms with Crippen LogP contribution in [0.1, 0.15) is 62.3 Å². The molecule has 0 saturated carbocycles. The number of urea groups is 1. The number of carbonyl (C=O) groups excluding carboxylic acids is 2. The number of hydrazine groups is 1. The summed E-state index contributed by atoms with van der Waals surface area (Å²) in [5, 5.41) is 5.69. The molecule has 1 heterocycles. The fraction of sp³-hybridized carbons (Fsp3) is 0.545. The molecule has 0 bridgehead atoms. The molecule has 1 fully saturated rings. The molecule has 1 aromatic rings. The number of nitrogens with one attached hydrogen (secondary N) is 3. The van der Waals surface area contributed by atoms with Crippen molar-refractivity contribution in [3.8, 4) is 0 Å². The van der Waals surface area contributed by atoms with Crippen LogP contribution in [0.25, 0.3) is 0 Å². The fourth-order valence-electron chi connectivity index (χ4n) is 3.65. The van der Waals surface area contributed by atoms with Crippen LogP contribution in [0, 0.1) is 13.8 Å². The number of amides is 3. The summed E-state index contributed by atoms with van der Waals surface area (Å²) < 4.78 is 20.5. The minimum Gasteiger partial charge on any atom is -0.477 e. The van der Waals surface area contributed by atoms with Crippen LogP contribution in [0.3, 0.4) is 0 Å². The lowest BCUT2D eigenvalue weighted by molar-refractivity contribution is -0.125. The molecule has 0 spiro atoms. The monoisotopic (exact) mass is 450 g/mol. The first kappa shape index (κ1) is 24.7. The summed E-state index contributed by atoms with van der Waals surface area (Å²) >= 11 is 0. The van der Waals surface area contributed by atoms with E-state index in [0.717, 1.165) is 54.5 Å². The third-order valence-corrected chi connectivity index (χ3v) is 5.82. The van der Waals surface area contributed by atoms with Crippen molar-refractivity contribution in [2.24, 2.45) is 0 Å². The highest BCUT2D eigenvalue weighted by Gasteiger charge is 2.20. The van der Waals surface area contributed by atoms with Crippen molar-refractivity contribution >= 4 is 28.6 Å². The van der Waals surface area contributed by atoms with E-state index >= 15 is 0 Å². The van der Waals surface area contributed by atoms with Crippen LogP contribution in [0.15, 0.2) is 17.4 Å². The molecule has 8 nitrogen and oxygen atoms in total. The second-order valence-electron chi connectivity index (χ2n) is 7.66. The predicted octanol–water partition coefficient (Wildman–Crippen LogP) is 3.57. The Balaban J connectivity index is 2.17. The molecular weight excluding hydrogens is 416 g/mol. The van der Waals surface area contributed by atoms with E-state index < -0.39 is 17.0 Å². The van der Waals surface area contributed by atoms with E-state index in [1.54, 1.807) is 0 Å². The topological polar surface area (TPSA) is 99.8 Å². The molecule has 1 atom stereocenters. The number of aryl methyl sites for hydroxylation is 2. The second kappa shape index (κ2) is 11.7. The van der Waals surface area contributed by atoms with Crippen molar-refractivity contribution in [2.45, 2.75) is 66.7 Å². The minimum atomic E-state index is -1.83. The molecule has 2 rings (SSSR count). The van der Waals surface area contributed by atoms with Gasteiger partial charge in [-0.1, -0.05) is 32.8 Å². The largest absolute Gasteiger partial charge is 0.477 e. The van der Waals surface area contributed by atoms with Crippen molar-refractivity contribution in [3.05, 3.63) is 39.6 Å². The van der Waals surface area contributed by atoms with Gasteiger partial charge in [-0.05, 0) is 48.9 Å². The first-order valence-electron chi connectivity index (χ1n) is 10.8. The Kier molecular flexibility index (Phi) is 9.36. The smallest absolute Gasteiger partial charge is 0.331 e. The highest BCUT2D eigenvalue weighted by Crippen LogP contribution is 2.29. The molecule has 0 radical (unpaired) electrons. The lowest BCUT2D eigenvalue weighted by Gasteiger charge is -2.30. The lowest BCUT2D eigenvalue weighted by Crippen LogP contribution is -2.44. The zero-order chi connectivity index (χ0) is 23.0. The molecule has 1 aromatic carbocycles. The van der Waals surface area contributed by atoms with Gasteiger partial charge in [0.1, 0.15) is 0 Å². The maximum Gasteiger partial charge on any atom is 0.331 e. The molecule has 1 unspecified atom stereocenters. The number of hydrogen-bond acceptors (Lipinski definition) is 5. The third-order valence-electron chi connectivity index (χ3n) is 5.02. The van der Waals surface area contributed by atoms with Crippen molar-refractivity contribution in [1.29, 1.82) is 0 Å². The first-order valence-corrected chi connectivity index (χ1v) is 12.0. The van der Waals surface area contributed by atoms with E-state index in [4.69, 9.17) is 4.74 Å². The lowest BCUT2D eigenvalue weighted by atomic mass is 9.92. The standard InChI is InChI=1S/C22H34N4O4S/c1-6-9-18-13-15(3)19(10-7-2)21(16(18)4)23-22(28)25-31(29)14-20-26(24-17(5)27)11-8-12-30-20/h13-14H,6-12H2,1-5H3,(H,24,27)(H2,23,25,28)/b20-14-. The van der Waals surface area contributed by atoms with Crippen LogP contribution in [0.4, 0.5) is 10.5 Å². The van der Waals surface area contributed by atoms with Crippen LogP contribution >= 0.6 is 0 Å². The molecule has 0 aliphatic carbocycles. The fourth-order valence-corrected chi connectivity index (χ4v) is 4.32. The Morgan fingerprint density at radius 1 is 1.23 bits per heavy atom. The molecule has 31 heavy (non-hydrogen) atoms. The normalized spacial score (nSPS) is 15.9. The quantitative estimate of drug-likeness (QED) is 0.562. The Labute approximate surface area is 187 Å². The molecule has 172 valence electrons. The zero-order valence-corrected chi connectivity index (χ0v) is 19.9. The molecule has 9 heteroatoms. The molecule has 0 aromatic heterocycles. The van der Waals surface area contributed by atoms with E-state index in [1.807, 2.05) is 6.92 Å². The first-order chi connectivity index (χ1) is 14.8. The number of anilines is 1. The summed E-state index contributed by atoms with van der Waals surface area (Å²) in [6.45, 7) is 10.7. The van der Waals surface area contributed by atoms with E-state index in [0.29, 0.717) is 13.2 Å². The molecule has 3 N–H and O–H groups in total. The summed E-state index contributed by atoms with van der Waals surface area (Å²) in [5.41, 5.74) is 7.92. The Hall–Kier alpha value is -2.55. The van der Waals surface area contributed by atoms with Crippen LogP contribution in [-0.4, -0.2) is 34.3 Å². The van der Waals surface area contributed by atoms with Gasteiger partial charge in [-0.3, -0.25) is 20.0 Å². The van der Waals surface area contributed by atoms with Gasteiger partial charge in [-0.25, -0.2) is 9.00 Å². The average molecular weight is 451 g/mol. The highest BCUT2D eigenvalue weighted by molar-refractivity contribution is 7.86. The number of nitrogens with zero attached hydrogens (tertiary/aromatic N) is 1. The summed E-state index contributed by atoms with van der Waals surface area (Å²) in [7, 11) is -1.83. The van der Waals surface area contributed by atoms with Crippen LogP contribution in [0.2, 0.25) is 0 Å². The Morgan fingerprint density at radius 3 is 2.58 bits per heavy atom. The van der Waals surface area contributed by atoms with Crippen LogP contribution < -0.4 is 15.5 Å².